The predicted molar refractivity (Wildman–Crippen MR) is 79.6 cm³/mol. The maximum Gasteiger partial charge on any atom is 0.240 e. The second kappa shape index (κ2) is 6.80. The third-order valence-electron chi connectivity index (χ3n) is 3.10. The van der Waals surface area contributed by atoms with Gasteiger partial charge >= 0.3 is 0 Å². The summed E-state index contributed by atoms with van der Waals surface area (Å²) in [6.07, 6.45) is 0.477. The van der Waals surface area contributed by atoms with Crippen molar-refractivity contribution < 1.29 is 12.8 Å². The van der Waals surface area contributed by atoms with Crippen LogP contribution < -0.4 is 10.5 Å². The number of rotatable bonds is 6. The van der Waals surface area contributed by atoms with E-state index in [2.05, 4.69) is 4.72 Å². The molecule has 2 aromatic carbocycles. The first-order valence-electron chi connectivity index (χ1n) is 6.55. The van der Waals surface area contributed by atoms with E-state index in [1.165, 1.54) is 12.1 Å². The third-order valence-corrected chi connectivity index (χ3v) is 4.58. The van der Waals surface area contributed by atoms with Crippen molar-refractivity contribution in [2.24, 2.45) is 5.73 Å². The highest BCUT2D eigenvalue weighted by molar-refractivity contribution is 7.89. The van der Waals surface area contributed by atoms with Crippen molar-refractivity contribution in [3.63, 3.8) is 0 Å². The smallest absolute Gasteiger partial charge is 0.240 e. The Kier molecular flexibility index (Phi) is 5.06. The molecule has 0 bridgehead atoms. The van der Waals surface area contributed by atoms with E-state index in [0.29, 0.717) is 6.42 Å². The summed E-state index contributed by atoms with van der Waals surface area (Å²) in [5, 5.41) is 0. The van der Waals surface area contributed by atoms with E-state index in [9.17, 15) is 12.8 Å². The number of nitrogens with two attached hydrogens (primary N) is 1. The van der Waals surface area contributed by atoms with Crippen molar-refractivity contribution in [3.8, 4) is 0 Å². The van der Waals surface area contributed by atoms with Gasteiger partial charge < -0.3 is 5.73 Å². The van der Waals surface area contributed by atoms with Crippen molar-refractivity contribution >= 4 is 10.0 Å². The number of hydrogen-bond acceptors (Lipinski definition) is 3. The molecule has 6 heteroatoms. The van der Waals surface area contributed by atoms with Gasteiger partial charge in [0.05, 0.1) is 4.90 Å². The Hall–Kier alpha value is -1.76. The van der Waals surface area contributed by atoms with E-state index < -0.39 is 15.8 Å². The first-order valence-corrected chi connectivity index (χ1v) is 8.03. The zero-order chi connectivity index (χ0) is 15.3. The van der Waals surface area contributed by atoms with Crippen molar-refractivity contribution in [2.75, 3.05) is 6.54 Å². The molecule has 1 atom stereocenters. The molecular formula is C15H17FN2O2S. The fourth-order valence-corrected chi connectivity index (χ4v) is 2.96. The normalized spacial score (nSPS) is 13.0. The molecule has 2 aromatic rings. The number of benzene rings is 2. The molecule has 0 saturated heterocycles. The average Bonchev–Trinajstić information content (AvgIpc) is 2.48. The summed E-state index contributed by atoms with van der Waals surface area (Å²) in [5.41, 5.74) is 6.96. The van der Waals surface area contributed by atoms with Crippen LogP contribution in [0.3, 0.4) is 0 Å². The third kappa shape index (κ3) is 4.35. The molecule has 0 spiro atoms. The van der Waals surface area contributed by atoms with Crippen LogP contribution in [0.5, 0.6) is 0 Å². The van der Waals surface area contributed by atoms with Crippen molar-refractivity contribution in [2.45, 2.75) is 17.4 Å². The number of hydrogen-bond donors (Lipinski definition) is 2. The summed E-state index contributed by atoms with van der Waals surface area (Å²) in [5.74, 6) is -0.472. The van der Waals surface area contributed by atoms with E-state index in [4.69, 9.17) is 5.73 Å². The summed E-state index contributed by atoms with van der Waals surface area (Å²) in [6, 6.07) is 13.9. The zero-order valence-electron chi connectivity index (χ0n) is 11.4. The minimum Gasteiger partial charge on any atom is -0.324 e. The van der Waals surface area contributed by atoms with E-state index in [0.717, 1.165) is 17.7 Å². The van der Waals surface area contributed by atoms with Gasteiger partial charge in [0.25, 0.3) is 0 Å². The van der Waals surface area contributed by atoms with Gasteiger partial charge in [0.15, 0.2) is 0 Å². The van der Waals surface area contributed by atoms with Crippen LogP contribution in [0.25, 0.3) is 0 Å². The fourth-order valence-electron chi connectivity index (χ4n) is 1.91. The Morgan fingerprint density at radius 2 is 1.67 bits per heavy atom. The van der Waals surface area contributed by atoms with Crippen LogP contribution in [-0.2, 0) is 10.0 Å². The maximum atomic E-state index is 12.8. The second-order valence-electron chi connectivity index (χ2n) is 4.66. The van der Waals surface area contributed by atoms with E-state index in [1.807, 2.05) is 30.3 Å². The van der Waals surface area contributed by atoms with Gasteiger partial charge in [-0.15, -0.1) is 0 Å². The molecular weight excluding hydrogens is 291 g/mol. The van der Waals surface area contributed by atoms with Crippen LogP contribution in [0.4, 0.5) is 4.39 Å². The molecule has 1 unspecified atom stereocenters. The molecule has 112 valence electrons. The first kappa shape index (κ1) is 15.6. The van der Waals surface area contributed by atoms with Gasteiger partial charge in [-0.1, -0.05) is 30.3 Å². The standard InChI is InChI=1S/C15H17FN2O2S/c16-13-6-8-14(9-7-13)21(19,20)18-11-10-15(17)12-4-2-1-3-5-12/h1-9,15,18H,10-11,17H2. The monoisotopic (exact) mass is 308 g/mol. The topological polar surface area (TPSA) is 72.2 Å². The number of nitrogens with one attached hydrogen (secondary N) is 1. The molecule has 0 aliphatic heterocycles. The van der Waals surface area contributed by atoms with E-state index >= 15 is 0 Å². The van der Waals surface area contributed by atoms with Crippen molar-refractivity contribution in [1.29, 1.82) is 0 Å². The molecule has 21 heavy (non-hydrogen) atoms. The van der Waals surface area contributed by atoms with Gasteiger partial charge in [-0.05, 0) is 36.2 Å². The molecule has 4 nitrogen and oxygen atoms in total. The number of halogens is 1. The lowest BCUT2D eigenvalue weighted by Gasteiger charge is -2.12. The lowest BCUT2D eigenvalue weighted by Crippen LogP contribution is -2.27. The lowest BCUT2D eigenvalue weighted by atomic mass is 10.1. The van der Waals surface area contributed by atoms with Crippen LogP contribution in [0.1, 0.15) is 18.0 Å². The largest absolute Gasteiger partial charge is 0.324 e. The highest BCUT2D eigenvalue weighted by Gasteiger charge is 2.14. The maximum absolute atomic E-state index is 12.8. The molecule has 0 fully saturated rings. The van der Waals surface area contributed by atoms with Gasteiger partial charge in [-0.25, -0.2) is 17.5 Å². The van der Waals surface area contributed by atoms with Crippen molar-refractivity contribution in [3.05, 3.63) is 66.0 Å². The Morgan fingerprint density at radius 3 is 2.29 bits per heavy atom. The lowest BCUT2D eigenvalue weighted by molar-refractivity contribution is 0.569. The van der Waals surface area contributed by atoms with Gasteiger partial charge in [-0.3, -0.25) is 0 Å². The van der Waals surface area contributed by atoms with E-state index in [-0.39, 0.29) is 17.5 Å². The summed E-state index contributed by atoms with van der Waals surface area (Å²) < 4.78 is 39.2. The fraction of sp³-hybridized carbons (Fsp3) is 0.200. The zero-order valence-corrected chi connectivity index (χ0v) is 12.2. The molecule has 2 rings (SSSR count). The minimum absolute atomic E-state index is 0.0391. The highest BCUT2D eigenvalue weighted by atomic mass is 32.2. The van der Waals surface area contributed by atoms with Crippen LogP contribution in [-0.4, -0.2) is 15.0 Å². The van der Waals surface area contributed by atoms with Gasteiger partial charge in [0.2, 0.25) is 10.0 Å². The molecule has 0 aromatic heterocycles. The SMILES string of the molecule is NC(CCNS(=O)(=O)c1ccc(F)cc1)c1ccccc1. The van der Waals surface area contributed by atoms with Crippen LogP contribution in [0, 0.1) is 5.82 Å². The average molecular weight is 308 g/mol. The van der Waals surface area contributed by atoms with Gasteiger partial charge in [0, 0.05) is 12.6 Å². The van der Waals surface area contributed by atoms with Crippen LogP contribution in [0.15, 0.2) is 59.5 Å². The molecule has 0 amide bonds. The van der Waals surface area contributed by atoms with Crippen molar-refractivity contribution in [1.82, 2.24) is 4.72 Å². The molecule has 3 N–H and O–H groups in total. The first-order chi connectivity index (χ1) is 9.99. The molecule has 0 heterocycles. The predicted octanol–water partition coefficient (Wildman–Crippen LogP) is 2.19. The van der Waals surface area contributed by atoms with Gasteiger partial charge in [0.1, 0.15) is 5.82 Å². The number of sulfonamides is 1. The summed E-state index contributed by atoms with van der Waals surface area (Å²) in [4.78, 5) is 0.0391. The molecule has 0 radical (unpaired) electrons. The minimum atomic E-state index is -3.63. The molecule has 0 aliphatic rings. The van der Waals surface area contributed by atoms with E-state index in [1.54, 1.807) is 0 Å². The summed E-state index contributed by atoms with van der Waals surface area (Å²) >= 11 is 0. The second-order valence-corrected chi connectivity index (χ2v) is 6.42. The Bertz CT molecular complexity index is 673. The Balaban J connectivity index is 1.92. The summed E-state index contributed by atoms with van der Waals surface area (Å²) in [6.45, 7) is 0.218. The molecule has 0 aliphatic carbocycles. The highest BCUT2D eigenvalue weighted by Crippen LogP contribution is 2.14. The Morgan fingerprint density at radius 1 is 1.05 bits per heavy atom. The quantitative estimate of drug-likeness (QED) is 0.859. The Labute approximate surface area is 123 Å². The van der Waals surface area contributed by atoms with Crippen LogP contribution in [0.2, 0.25) is 0 Å². The summed E-state index contributed by atoms with van der Waals surface area (Å²) in [7, 11) is -3.63. The van der Waals surface area contributed by atoms with Gasteiger partial charge in [-0.2, -0.15) is 0 Å². The molecule has 0 saturated carbocycles. The van der Waals surface area contributed by atoms with Crippen LogP contribution >= 0.6 is 0 Å².